The van der Waals surface area contributed by atoms with Crippen molar-refractivity contribution < 1.29 is 14.7 Å². The van der Waals surface area contributed by atoms with Crippen LogP contribution in [0.1, 0.15) is 30.1 Å². The highest BCUT2D eigenvalue weighted by Gasteiger charge is 2.13. The minimum Gasteiger partial charge on any atom is -0.478 e. The van der Waals surface area contributed by atoms with Crippen LogP contribution in [0.2, 0.25) is 0 Å². The molecule has 1 aromatic rings. The lowest BCUT2D eigenvalue weighted by Crippen LogP contribution is -2.35. The van der Waals surface area contributed by atoms with Crippen LogP contribution in [-0.2, 0) is 4.79 Å². The summed E-state index contributed by atoms with van der Waals surface area (Å²) in [6.45, 7) is 1.94. The molecule has 0 aliphatic carbocycles. The lowest BCUT2D eigenvalue weighted by molar-refractivity contribution is -0.117. The van der Waals surface area contributed by atoms with Gasteiger partial charge in [-0.3, -0.25) is 4.79 Å². The van der Waals surface area contributed by atoms with E-state index in [0.717, 1.165) is 6.42 Å². The van der Waals surface area contributed by atoms with E-state index in [2.05, 4.69) is 21.2 Å². The van der Waals surface area contributed by atoms with Gasteiger partial charge < -0.3 is 16.2 Å². The summed E-state index contributed by atoms with van der Waals surface area (Å²) < 4.78 is 0.585. The highest BCUT2D eigenvalue weighted by Crippen LogP contribution is 2.20. The summed E-state index contributed by atoms with van der Waals surface area (Å²) in [7, 11) is 0. The molecule has 0 fully saturated rings. The molecule has 0 saturated heterocycles. The van der Waals surface area contributed by atoms with Gasteiger partial charge in [-0.2, -0.15) is 0 Å². The minimum atomic E-state index is -1.05. The number of hydrogen-bond donors (Lipinski definition) is 3. The van der Waals surface area contributed by atoms with E-state index in [1.54, 1.807) is 6.07 Å². The van der Waals surface area contributed by atoms with Gasteiger partial charge in [0.15, 0.2) is 0 Å². The first kappa shape index (κ1) is 14.7. The Morgan fingerprint density at radius 1 is 1.44 bits per heavy atom. The zero-order chi connectivity index (χ0) is 13.7. The molecule has 0 spiro atoms. The molecule has 0 aliphatic rings. The van der Waals surface area contributed by atoms with Crippen LogP contribution < -0.4 is 11.1 Å². The van der Waals surface area contributed by atoms with Crippen LogP contribution in [0, 0.1) is 0 Å². The number of carboxylic acid groups (broad SMARTS) is 1. The quantitative estimate of drug-likeness (QED) is 0.777. The predicted octanol–water partition coefficient (Wildman–Crippen LogP) is 2.21. The van der Waals surface area contributed by atoms with Crippen LogP contribution in [0.25, 0.3) is 0 Å². The van der Waals surface area contributed by atoms with Gasteiger partial charge >= 0.3 is 5.97 Å². The fourth-order valence-electron chi connectivity index (χ4n) is 1.46. The predicted molar refractivity (Wildman–Crippen MR) is 72.6 cm³/mol. The molecule has 98 valence electrons. The number of nitrogens with two attached hydrogens (primary N) is 1. The molecule has 1 rings (SSSR count). The van der Waals surface area contributed by atoms with E-state index >= 15 is 0 Å². The molecule has 1 aromatic carbocycles. The molecule has 1 unspecified atom stereocenters. The van der Waals surface area contributed by atoms with Gasteiger partial charge in [-0.1, -0.05) is 29.3 Å². The molecule has 6 heteroatoms. The lowest BCUT2D eigenvalue weighted by atomic mass is 10.1. The Morgan fingerprint density at radius 3 is 2.67 bits per heavy atom. The van der Waals surface area contributed by atoms with Crippen molar-refractivity contribution in [2.45, 2.75) is 25.8 Å². The average molecular weight is 315 g/mol. The second kappa shape index (κ2) is 6.51. The molecule has 0 saturated carbocycles. The Bertz CT molecular complexity index is 463. The van der Waals surface area contributed by atoms with Gasteiger partial charge in [0.1, 0.15) is 0 Å². The molecule has 0 radical (unpaired) electrons. The van der Waals surface area contributed by atoms with Crippen LogP contribution in [0.15, 0.2) is 22.7 Å². The van der Waals surface area contributed by atoms with Crippen molar-refractivity contribution in [3.05, 3.63) is 28.2 Å². The van der Waals surface area contributed by atoms with Crippen LogP contribution in [0.5, 0.6) is 0 Å². The number of anilines is 1. The number of halogens is 1. The van der Waals surface area contributed by atoms with Crippen molar-refractivity contribution >= 4 is 33.5 Å². The molecule has 0 aliphatic heterocycles. The van der Waals surface area contributed by atoms with Crippen LogP contribution in [0.4, 0.5) is 5.69 Å². The van der Waals surface area contributed by atoms with E-state index in [-0.39, 0.29) is 11.5 Å². The standard InChI is InChI=1S/C12H15BrN2O3/c1-2-3-10(14)11(16)15-9-5-7(12(17)18)4-8(13)6-9/h4-6,10H,2-3,14H2,1H3,(H,15,16)(H,17,18). The van der Waals surface area contributed by atoms with Crippen molar-refractivity contribution in [3.8, 4) is 0 Å². The summed E-state index contributed by atoms with van der Waals surface area (Å²) in [5.41, 5.74) is 6.19. The van der Waals surface area contributed by atoms with Crippen molar-refractivity contribution in [1.82, 2.24) is 0 Å². The summed E-state index contributed by atoms with van der Waals surface area (Å²) in [5.74, 6) is -1.36. The zero-order valence-electron chi connectivity index (χ0n) is 9.94. The van der Waals surface area contributed by atoms with Gasteiger partial charge in [-0.05, 0) is 24.6 Å². The maximum absolute atomic E-state index is 11.7. The maximum atomic E-state index is 11.7. The number of rotatable bonds is 5. The number of carbonyl (C=O) groups is 2. The van der Waals surface area contributed by atoms with E-state index in [0.29, 0.717) is 16.6 Å². The Hall–Kier alpha value is -1.40. The summed E-state index contributed by atoms with van der Waals surface area (Å²) in [6.07, 6.45) is 1.40. The number of carboxylic acids is 1. The maximum Gasteiger partial charge on any atom is 0.335 e. The number of benzene rings is 1. The Labute approximate surface area is 113 Å². The van der Waals surface area contributed by atoms with Gasteiger partial charge in [0.2, 0.25) is 5.91 Å². The van der Waals surface area contributed by atoms with E-state index in [1.807, 2.05) is 6.92 Å². The van der Waals surface area contributed by atoms with Gasteiger partial charge in [-0.25, -0.2) is 4.79 Å². The average Bonchev–Trinajstić information content (AvgIpc) is 2.28. The molecular formula is C12H15BrN2O3. The molecule has 4 N–H and O–H groups in total. The second-order valence-corrected chi connectivity index (χ2v) is 4.83. The van der Waals surface area contributed by atoms with Gasteiger partial charge in [0.25, 0.3) is 0 Å². The van der Waals surface area contributed by atoms with E-state index in [1.165, 1.54) is 12.1 Å². The molecular weight excluding hydrogens is 300 g/mol. The molecule has 1 atom stereocenters. The first-order valence-corrected chi connectivity index (χ1v) is 6.33. The third-order valence-electron chi connectivity index (χ3n) is 2.35. The second-order valence-electron chi connectivity index (χ2n) is 3.92. The summed E-state index contributed by atoms with van der Waals surface area (Å²) in [6, 6.07) is 3.90. The Kier molecular flexibility index (Phi) is 5.30. The van der Waals surface area contributed by atoms with Crippen molar-refractivity contribution in [3.63, 3.8) is 0 Å². The topological polar surface area (TPSA) is 92.4 Å². The fraction of sp³-hybridized carbons (Fsp3) is 0.333. The molecule has 0 heterocycles. The number of hydrogen-bond acceptors (Lipinski definition) is 3. The monoisotopic (exact) mass is 314 g/mol. The highest BCUT2D eigenvalue weighted by atomic mass is 79.9. The number of aromatic carboxylic acids is 1. The van der Waals surface area contributed by atoms with Gasteiger partial charge in [0.05, 0.1) is 11.6 Å². The molecule has 18 heavy (non-hydrogen) atoms. The van der Waals surface area contributed by atoms with Gasteiger partial charge in [-0.15, -0.1) is 0 Å². The Morgan fingerprint density at radius 2 is 2.11 bits per heavy atom. The van der Waals surface area contributed by atoms with E-state index < -0.39 is 12.0 Å². The van der Waals surface area contributed by atoms with Crippen molar-refractivity contribution in [2.24, 2.45) is 5.73 Å². The molecule has 0 aromatic heterocycles. The summed E-state index contributed by atoms with van der Waals surface area (Å²) >= 11 is 3.19. The van der Waals surface area contributed by atoms with Crippen LogP contribution in [-0.4, -0.2) is 23.0 Å². The first-order chi connectivity index (χ1) is 8.43. The van der Waals surface area contributed by atoms with Crippen LogP contribution >= 0.6 is 15.9 Å². The normalized spacial score (nSPS) is 11.9. The van der Waals surface area contributed by atoms with Gasteiger partial charge in [0, 0.05) is 10.2 Å². The largest absolute Gasteiger partial charge is 0.478 e. The van der Waals surface area contributed by atoms with Crippen molar-refractivity contribution in [2.75, 3.05) is 5.32 Å². The number of nitrogens with one attached hydrogen (secondary N) is 1. The number of amides is 1. The fourth-order valence-corrected chi connectivity index (χ4v) is 1.96. The smallest absolute Gasteiger partial charge is 0.335 e. The van der Waals surface area contributed by atoms with E-state index in [4.69, 9.17) is 10.8 Å². The summed E-state index contributed by atoms with van der Waals surface area (Å²) in [5, 5.41) is 11.5. The lowest BCUT2D eigenvalue weighted by Gasteiger charge is -2.12. The van der Waals surface area contributed by atoms with E-state index in [9.17, 15) is 9.59 Å². The molecule has 1 amide bonds. The summed E-state index contributed by atoms with van der Waals surface area (Å²) in [4.78, 5) is 22.6. The van der Waals surface area contributed by atoms with Crippen molar-refractivity contribution in [1.29, 1.82) is 0 Å². The molecule has 0 bridgehead atoms. The highest BCUT2D eigenvalue weighted by molar-refractivity contribution is 9.10. The van der Waals surface area contributed by atoms with Crippen LogP contribution in [0.3, 0.4) is 0 Å². The third kappa shape index (κ3) is 4.12. The first-order valence-electron chi connectivity index (χ1n) is 5.54. The Balaban J connectivity index is 2.84. The zero-order valence-corrected chi connectivity index (χ0v) is 11.5. The molecule has 5 nitrogen and oxygen atoms in total. The third-order valence-corrected chi connectivity index (χ3v) is 2.81. The minimum absolute atomic E-state index is 0.101. The number of carbonyl (C=O) groups excluding carboxylic acids is 1. The SMILES string of the molecule is CCCC(N)C(=O)Nc1cc(Br)cc(C(=O)O)c1.